The minimum absolute atomic E-state index is 0.0178. The molecule has 2 N–H and O–H groups in total. The second-order valence-electron chi connectivity index (χ2n) is 11.8. The molecule has 0 fully saturated rings. The molecule has 3 rings (SSSR count). The minimum atomic E-state index is -4.84. The Hall–Kier alpha value is -4.35. The molecule has 0 bridgehead atoms. The van der Waals surface area contributed by atoms with Crippen LogP contribution >= 0.6 is 0 Å². The zero-order valence-corrected chi connectivity index (χ0v) is 26.1. The molecule has 0 aliphatic heterocycles. The number of carbonyl (C=O) groups is 3. The van der Waals surface area contributed by atoms with Gasteiger partial charge in [0.05, 0.1) is 6.04 Å². The molecule has 0 aliphatic rings. The van der Waals surface area contributed by atoms with E-state index in [9.17, 15) is 32.3 Å². The summed E-state index contributed by atoms with van der Waals surface area (Å²) >= 11 is 0. The number of nitrogens with zero attached hydrogens (tertiary/aromatic N) is 1. The first-order valence-corrected chi connectivity index (χ1v) is 14.3. The van der Waals surface area contributed by atoms with E-state index in [1.807, 2.05) is 32.9 Å². The van der Waals surface area contributed by atoms with Gasteiger partial charge >= 0.3 is 6.18 Å². The molecule has 3 aromatic rings. The SMILES string of the molecule is CC(=O)C[C@H](NC(=O)[C@H](CC(C)C)NC(=O)c1ccc(C(F)(F)F)n(C)c1=O)c1cc(-c2c(C)cc(C)cc2C)cc(F)c1F. The third kappa shape index (κ3) is 8.23. The summed E-state index contributed by atoms with van der Waals surface area (Å²) in [5, 5.41) is 4.94. The van der Waals surface area contributed by atoms with E-state index < -0.39 is 70.7 Å². The van der Waals surface area contributed by atoms with E-state index in [4.69, 9.17) is 0 Å². The molecule has 0 unspecified atom stereocenters. The van der Waals surface area contributed by atoms with E-state index in [0.29, 0.717) is 17.2 Å². The summed E-state index contributed by atoms with van der Waals surface area (Å²) < 4.78 is 70.3. The molecule has 1 aromatic heterocycles. The predicted octanol–water partition coefficient (Wildman–Crippen LogP) is 6.26. The summed E-state index contributed by atoms with van der Waals surface area (Å²) in [4.78, 5) is 51.4. The van der Waals surface area contributed by atoms with Crippen LogP contribution in [0, 0.1) is 38.3 Å². The molecule has 0 saturated heterocycles. The Morgan fingerprint density at radius 2 is 1.53 bits per heavy atom. The molecule has 1 heterocycles. The van der Waals surface area contributed by atoms with E-state index in [2.05, 4.69) is 10.6 Å². The number of aryl methyl sites for hydroxylation is 3. The smallest absolute Gasteiger partial charge is 0.347 e. The van der Waals surface area contributed by atoms with Gasteiger partial charge in [-0.2, -0.15) is 13.2 Å². The molecule has 0 aliphatic carbocycles. The zero-order valence-electron chi connectivity index (χ0n) is 26.1. The highest BCUT2D eigenvalue weighted by Crippen LogP contribution is 2.34. The quantitative estimate of drug-likeness (QED) is 0.258. The van der Waals surface area contributed by atoms with Crippen molar-refractivity contribution >= 4 is 17.6 Å². The lowest BCUT2D eigenvalue weighted by atomic mass is 9.90. The third-order valence-electron chi connectivity index (χ3n) is 7.37. The van der Waals surface area contributed by atoms with Gasteiger partial charge in [0.25, 0.3) is 11.5 Å². The number of alkyl halides is 3. The Morgan fingerprint density at radius 1 is 0.933 bits per heavy atom. The fraction of sp³-hybridized carbons (Fsp3) is 0.394. The van der Waals surface area contributed by atoms with Crippen molar-refractivity contribution in [3.05, 3.63) is 91.9 Å². The van der Waals surface area contributed by atoms with E-state index in [0.717, 1.165) is 35.9 Å². The number of carbonyl (C=O) groups excluding carboxylic acids is 3. The number of nitrogens with one attached hydrogen (secondary N) is 2. The van der Waals surface area contributed by atoms with Crippen LogP contribution < -0.4 is 16.2 Å². The molecule has 0 spiro atoms. The van der Waals surface area contributed by atoms with Crippen LogP contribution in [0.2, 0.25) is 0 Å². The van der Waals surface area contributed by atoms with Crippen LogP contribution in [0.25, 0.3) is 11.1 Å². The van der Waals surface area contributed by atoms with Gasteiger partial charge in [-0.3, -0.25) is 19.2 Å². The summed E-state index contributed by atoms with van der Waals surface area (Å²) in [5.74, 6) is -5.04. The average Bonchev–Trinajstić information content (AvgIpc) is 2.89. The second-order valence-corrected chi connectivity index (χ2v) is 11.8. The van der Waals surface area contributed by atoms with Crippen molar-refractivity contribution in [1.82, 2.24) is 15.2 Å². The number of amides is 2. The normalized spacial score (nSPS) is 13.0. The number of hydrogen-bond donors (Lipinski definition) is 2. The Balaban J connectivity index is 2.01. The lowest BCUT2D eigenvalue weighted by Crippen LogP contribution is -2.49. The Kier molecular flexibility index (Phi) is 10.7. The Bertz CT molecular complexity index is 1670. The summed E-state index contributed by atoms with van der Waals surface area (Å²) in [7, 11) is 0.869. The molecular weight excluding hydrogens is 597 g/mol. The largest absolute Gasteiger partial charge is 0.431 e. The molecule has 7 nitrogen and oxygen atoms in total. The fourth-order valence-electron chi connectivity index (χ4n) is 5.47. The molecule has 2 atom stereocenters. The summed E-state index contributed by atoms with van der Waals surface area (Å²) in [5.41, 5.74) is 0.207. The van der Waals surface area contributed by atoms with Gasteiger partial charge in [0, 0.05) is 19.0 Å². The van der Waals surface area contributed by atoms with Crippen LogP contribution in [0.15, 0.2) is 41.2 Å². The first kappa shape index (κ1) is 35.1. The predicted molar refractivity (Wildman–Crippen MR) is 160 cm³/mol. The van der Waals surface area contributed by atoms with Gasteiger partial charge in [-0.05, 0) is 86.6 Å². The van der Waals surface area contributed by atoms with Crippen LogP contribution in [0.5, 0.6) is 0 Å². The number of halogens is 5. The molecule has 2 amide bonds. The monoisotopic (exact) mass is 633 g/mol. The molecule has 12 heteroatoms. The number of hydrogen-bond acceptors (Lipinski definition) is 4. The van der Waals surface area contributed by atoms with Gasteiger partial charge in [0.2, 0.25) is 5.91 Å². The topological polar surface area (TPSA) is 97.3 Å². The van der Waals surface area contributed by atoms with E-state index in [1.54, 1.807) is 13.8 Å². The lowest BCUT2D eigenvalue weighted by Gasteiger charge is -2.25. The van der Waals surface area contributed by atoms with Crippen molar-refractivity contribution in [2.24, 2.45) is 13.0 Å². The average molecular weight is 634 g/mol. The van der Waals surface area contributed by atoms with Gasteiger partial charge < -0.3 is 15.2 Å². The van der Waals surface area contributed by atoms with Crippen molar-refractivity contribution in [3.63, 3.8) is 0 Å². The number of aromatic nitrogens is 1. The maximum atomic E-state index is 15.3. The summed E-state index contributed by atoms with van der Waals surface area (Å²) in [6.07, 6.45) is -5.22. The first-order valence-electron chi connectivity index (χ1n) is 14.3. The van der Waals surface area contributed by atoms with E-state index in [-0.39, 0.29) is 22.5 Å². The van der Waals surface area contributed by atoms with Crippen LogP contribution in [0.1, 0.15) is 78.0 Å². The summed E-state index contributed by atoms with van der Waals surface area (Å²) in [6.45, 7) is 10.3. The molecule has 242 valence electrons. The second kappa shape index (κ2) is 13.7. The van der Waals surface area contributed by atoms with Gasteiger partial charge in [-0.15, -0.1) is 0 Å². The highest BCUT2D eigenvalue weighted by Gasteiger charge is 2.35. The molecule has 0 saturated carbocycles. The number of pyridine rings is 1. The standard InChI is InChI=1S/C33H36F5N3O4/c1-16(2)10-26(40-30(43)22-8-9-27(33(36,37)38)41(7)32(22)45)31(44)39-25(13-20(6)42)23-14-21(15-24(34)29(23)35)28-18(4)11-17(3)12-19(28)5/h8-9,11-12,14-16,25-26H,10,13H2,1-7H3,(H,39,44)(H,40,43)/t25-,26-/m0/s1. The van der Waals surface area contributed by atoms with Crippen molar-refractivity contribution in [3.8, 4) is 11.1 Å². The zero-order chi connectivity index (χ0) is 34.0. The number of ketones is 1. The highest BCUT2D eigenvalue weighted by atomic mass is 19.4. The first-order chi connectivity index (χ1) is 20.8. The minimum Gasteiger partial charge on any atom is -0.347 e. The highest BCUT2D eigenvalue weighted by molar-refractivity contribution is 5.97. The van der Waals surface area contributed by atoms with Crippen LogP contribution in [-0.4, -0.2) is 28.2 Å². The van der Waals surface area contributed by atoms with Crippen molar-refractivity contribution in [2.75, 3.05) is 0 Å². The molecule has 45 heavy (non-hydrogen) atoms. The van der Waals surface area contributed by atoms with Crippen molar-refractivity contribution < 1.29 is 36.3 Å². The summed E-state index contributed by atoms with van der Waals surface area (Å²) in [6, 6.07) is 4.84. The Labute approximate surface area is 257 Å². The molecule has 0 radical (unpaired) electrons. The maximum absolute atomic E-state index is 15.3. The van der Waals surface area contributed by atoms with Crippen LogP contribution in [-0.2, 0) is 22.8 Å². The van der Waals surface area contributed by atoms with Crippen molar-refractivity contribution in [2.45, 2.75) is 72.6 Å². The van der Waals surface area contributed by atoms with Crippen LogP contribution in [0.3, 0.4) is 0 Å². The number of Topliss-reactive ketones (excluding diaryl/α,β-unsaturated/α-hetero) is 1. The van der Waals surface area contributed by atoms with Gasteiger partial charge in [0.15, 0.2) is 11.6 Å². The number of rotatable bonds is 10. The molecule has 2 aromatic carbocycles. The van der Waals surface area contributed by atoms with Crippen LogP contribution in [0.4, 0.5) is 22.0 Å². The van der Waals surface area contributed by atoms with E-state index in [1.165, 1.54) is 13.0 Å². The van der Waals surface area contributed by atoms with E-state index >= 15 is 8.78 Å². The lowest BCUT2D eigenvalue weighted by molar-refractivity contribution is -0.143. The number of benzene rings is 2. The van der Waals surface area contributed by atoms with Gasteiger partial charge in [0.1, 0.15) is 23.1 Å². The molecular formula is C33H36F5N3O4. The van der Waals surface area contributed by atoms with Gasteiger partial charge in [-0.1, -0.05) is 31.5 Å². The van der Waals surface area contributed by atoms with Gasteiger partial charge in [-0.25, -0.2) is 8.78 Å². The Morgan fingerprint density at radius 3 is 2.07 bits per heavy atom. The maximum Gasteiger partial charge on any atom is 0.431 e. The third-order valence-corrected chi connectivity index (χ3v) is 7.37. The fourth-order valence-corrected chi connectivity index (χ4v) is 5.47. The van der Waals surface area contributed by atoms with Crippen molar-refractivity contribution in [1.29, 1.82) is 0 Å².